The van der Waals surface area contributed by atoms with E-state index >= 15 is 0 Å². The first-order chi connectivity index (χ1) is 7.12. The first-order valence-electron chi connectivity index (χ1n) is 4.87. The van der Waals surface area contributed by atoms with Crippen molar-refractivity contribution in [3.05, 3.63) is 34.6 Å². The van der Waals surface area contributed by atoms with Crippen molar-refractivity contribution in [2.45, 2.75) is 18.4 Å². The summed E-state index contributed by atoms with van der Waals surface area (Å²) < 4.78 is 18.1. The Balaban J connectivity index is 2.31. The summed E-state index contributed by atoms with van der Waals surface area (Å²) in [6.45, 7) is 1.04. The highest BCUT2D eigenvalue weighted by Gasteiger charge is 2.32. The molecule has 0 spiro atoms. The smallest absolute Gasteiger partial charge is 0.141 e. The van der Waals surface area contributed by atoms with Gasteiger partial charge in [0.25, 0.3) is 0 Å². The summed E-state index contributed by atoms with van der Waals surface area (Å²) in [5.74, 6) is -0.462. The van der Waals surface area contributed by atoms with E-state index in [1.165, 1.54) is 12.1 Å². The van der Waals surface area contributed by atoms with Crippen LogP contribution in [0.15, 0.2) is 18.2 Å². The SMILES string of the molecule is OC1(c2ccc(F)c(Cl)c2)CCOCC1. The minimum absolute atomic E-state index is 0.0485. The second-order valence-electron chi connectivity index (χ2n) is 3.77. The molecule has 0 aliphatic carbocycles. The molecule has 82 valence electrons. The number of ether oxygens (including phenoxy) is 1. The largest absolute Gasteiger partial charge is 0.385 e. The van der Waals surface area contributed by atoms with Crippen LogP contribution >= 0.6 is 11.6 Å². The number of hydrogen-bond donors (Lipinski definition) is 1. The minimum Gasteiger partial charge on any atom is -0.385 e. The molecule has 1 saturated heterocycles. The van der Waals surface area contributed by atoms with Crippen LogP contribution in [0.25, 0.3) is 0 Å². The molecule has 0 atom stereocenters. The van der Waals surface area contributed by atoms with E-state index in [1.807, 2.05) is 0 Å². The molecule has 1 N–H and O–H groups in total. The van der Waals surface area contributed by atoms with Gasteiger partial charge in [-0.05, 0) is 17.7 Å². The van der Waals surface area contributed by atoms with Crippen molar-refractivity contribution in [2.24, 2.45) is 0 Å². The van der Waals surface area contributed by atoms with Gasteiger partial charge in [-0.15, -0.1) is 0 Å². The molecule has 1 aromatic rings. The molecule has 1 aliphatic heterocycles. The molecule has 0 bridgehead atoms. The van der Waals surface area contributed by atoms with Gasteiger partial charge in [0.2, 0.25) is 0 Å². The van der Waals surface area contributed by atoms with Crippen LogP contribution in [0.5, 0.6) is 0 Å². The monoisotopic (exact) mass is 230 g/mol. The molecule has 0 radical (unpaired) electrons. The average Bonchev–Trinajstić information content (AvgIpc) is 2.23. The van der Waals surface area contributed by atoms with Crippen molar-refractivity contribution in [2.75, 3.05) is 13.2 Å². The van der Waals surface area contributed by atoms with Gasteiger partial charge in [-0.1, -0.05) is 17.7 Å². The van der Waals surface area contributed by atoms with E-state index in [9.17, 15) is 9.50 Å². The van der Waals surface area contributed by atoms with Crippen LogP contribution in [-0.2, 0) is 10.3 Å². The highest BCUT2D eigenvalue weighted by molar-refractivity contribution is 6.30. The zero-order valence-electron chi connectivity index (χ0n) is 8.17. The molecule has 2 rings (SSSR count). The normalized spacial score (nSPS) is 20.2. The molecule has 2 nitrogen and oxygen atoms in total. The lowest BCUT2D eigenvalue weighted by Crippen LogP contribution is -2.33. The summed E-state index contributed by atoms with van der Waals surface area (Å²) in [6.07, 6.45) is 1.05. The second kappa shape index (κ2) is 4.08. The third-order valence-corrected chi connectivity index (χ3v) is 3.07. The van der Waals surface area contributed by atoms with Crippen molar-refractivity contribution in [3.63, 3.8) is 0 Å². The number of halogens is 2. The fraction of sp³-hybridized carbons (Fsp3) is 0.455. The summed E-state index contributed by atoms with van der Waals surface area (Å²) in [5, 5.41) is 10.3. The molecule has 0 amide bonds. The molecule has 1 aliphatic rings. The maximum atomic E-state index is 13.0. The molecule has 0 saturated carbocycles. The molecular weight excluding hydrogens is 219 g/mol. The quantitative estimate of drug-likeness (QED) is 0.803. The second-order valence-corrected chi connectivity index (χ2v) is 4.18. The van der Waals surface area contributed by atoms with Gasteiger partial charge in [-0.3, -0.25) is 0 Å². The lowest BCUT2D eigenvalue weighted by atomic mass is 9.86. The topological polar surface area (TPSA) is 29.5 Å². The fourth-order valence-corrected chi connectivity index (χ4v) is 1.96. The van der Waals surface area contributed by atoms with E-state index in [0.717, 1.165) is 0 Å². The highest BCUT2D eigenvalue weighted by atomic mass is 35.5. The van der Waals surface area contributed by atoms with Gasteiger partial charge in [0.1, 0.15) is 5.82 Å². The Hall–Kier alpha value is -0.640. The van der Waals surface area contributed by atoms with Crippen molar-refractivity contribution in [1.82, 2.24) is 0 Å². The molecule has 15 heavy (non-hydrogen) atoms. The van der Waals surface area contributed by atoms with Gasteiger partial charge in [-0.25, -0.2) is 4.39 Å². The molecular formula is C11H12ClFO2. The van der Waals surface area contributed by atoms with Gasteiger partial charge < -0.3 is 9.84 Å². The third kappa shape index (κ3) is 2.14. The summed E-state index contributed by atoms with van der Waals surface area (Å²) in [5.41, 5.74) is -0.257. The van der Waals surface area contributed by atoms with E-state index < -0.39 is 11.4 Å². The lowest BCUT2D eigenvalue weighted by molar-refractivity contribution is -0.0679. The molecule has 0 unspecified atom stereocenters. The molecule has 4 heteroatoms. The van der Waals surface area contributed by atoms with Crippen molar-refractivity contribution < 1.29 is 14.2 Å². The number of rotatable bonds is 1. The highest BCUT2D eigenvalue weighted by Crippen LogP contribution is 2.33. The van der Waals surface area contributed by atoms with E-state index in [4.69, 9.17) is 16.3 Å². The van der Waals surface area contributed by atoms with Crippen molar-refractivity contribution >= 4 is 11.6 Å². The Morgan fingerprint density at radius 2 is 2.00 bits per heavy atom. The maximum absolute atomic E-state index is 13.0. The van der Waals surface area contributed by atoms with Gasteiger partial charge in [0.15, 0.2) is 0 Å². The van der Waals surface area contributed by atoms with E-state index in [-0.39, 0.29) is 5.02 Å². The number of hydrogen-bond acceptors (Lipinski definition) is 2. The Kier molecular flexibility index (Phi) is 2.96. The minimum atomic E-state index is -0.921. The van der Waals surface area contributed by atoms with Crippen LogP contribution in [0.2, 0.25) is 5.02 Å². The predicted octanol–water partition coefficient (Wildman–Crippen LogP) is 2.48. The van der Waals surface area contributed by atoms with E-state index in [1.54, 1.807) is 6.07 Å². The fourth-order valence-electron chi connectivity index (χ4n) is 1.78. The molecule has 1 heterocycles. The Morgan fingerprint density at radius 3 is 2.60 bits per heavy atom. The third-order valence-electron chi connectivity index (χ3n) is 2.78. The average molecular weight is 231 g/mol. The van der Waals surface area contributed by atoms with Crippen LogP contribution < -0.4 is 0 Å². The Bertz CT molecular complexity index is 362. The van der Waals surface area contributed by atoms with E-state index in [2.05, 4.69) is 0 Å². The Labute approximate surface area is 92.6 Å². The standard InChI is InChI=1S/C11H12ClFO2/c12-9-7-8(1-2-10(9)13)11(14)3-5-15-6-4-11/h1-2,7,14H,3-6H2. The first-order valence-corrected chi connectivity index (χ1v) is 5.25. The predicted molar refractivity (Wildman–Crippen MR) is 55.4 cm³/mol. The van der Waals surface area contributed by atoms with Crippen molar-refractivity contribution in [3.8, 4) is 0 Å². The van der Waals surface area contributed by atoms with Crippen LogP contribution in [0.3, 0.4) is 0 Å². The number of aliphatic hydroxyl groups is 1. The maximum Gasteiger partial charge on any atom is 0.141 e. The van der Waals surface area contributed by atoms with Crippen LogP contribution in [0, 0.1) is 5.82 Å². The van der Waals surface area contributed by atoms with Crippen LogP contribution in [0.4, 0.5) is 4.39 Å². The Morgan fingerprint density at radius 1 is 1.33 bits per heavy atom. The van der Waals surface area contributed by atoms with Gasteiger partial charge in [-0.2, -0.15) is 0 Å². The van der Waals surface area contributed by atoms with Gasteiger partial charge in [0.05, 0.1) is 10.6 Å². The van der Waals surface area contributed by atoms with Gasteiger partial charge >= 0.3 is 0 Å². The van der Waals surface area contributed by atoms with E-state index in [0.29, 0.717) is 31.6 Å². The lowest BCUT2D eigenvalue weighted by Gasteiger charge is -2.32. The zero-order chi connectivity index (χ0) is 10.9. The van der Waals surface area contributed by atoms with Crippen LogP contribution in [-0.4, -0.2) is 18.3 Å². The summed E-state index contributed by atoms with van der Waals surface area (Å²) >= 11 is 5.68. The summed E-state index contributed by atoms with van der Waals surface area (Å²) in [7, 11) is 0. The first kappa shape index (κ1) is 10.9. The summed E-state index contributed by atoms with van der Waals surface area (Å²) in [4.78, 5) is 0. The molecule has 1 fully saturated rings. The van der Waals surface area contributed by atoms with Gasteiger partial charge in [0, 0.05) is 26.1 Å². The zero-order valence-corrected chi connectivity index (χ0v) is 8.93. The van der Waals surface area contributed by atoms with Crippen LogP contribution in [0.1, 0.15) is 18.4 Å². The number of benzene rings is 1. The van der Waals surface area contributed by atoms with Crippen molar-refractivity contribution in [1.29, 1.82) is 0 Å². The molecule has 1 aromatic carbocycles. The molecule has 0 aromatic heterocycles. The summed E-state index contributed by atoms with van der Waals surface area (Å²) in [6, 6.07) is 4.35.